The Hall–Kier alpha value is -1.91. The highest BCUT2D eigenvalue weighted by atomic mass is 32.2. The van der Waals surface area contributed by atoms with E-state index in [1.807, 2.05) is 0 Å². The number of hydrogen-bond acceptors (Lipinski definition) is 8. The molecule has 158 valence electrons. The summed E-state index contributed by atoms with van der Waals surface area (Å²) < 4.78 is 4.91. The molecule has 0 bridgehead atoms. The number of amides is 2. The molecular weight excluding hydrogens is 388 g/mol. The number of ether oxygens (including phenoxy) is 1. The Balaban J connectivity index is 3.03. The average Bonchev–Trinajstić information content (AvgIpc) is 2.86. The summed E-state index contributed by atoms with van der Waals surface area (Å²) in [7, 11) is 0. The monoisotopic (exact) mass is 416 g/mol. The van der Waals surface area contributed by atoms with Crippen molar-refractivity contribution in [1.82, 2.24) is 10.6 Å². The van der Waals surface area contributed by atoms with Gasteiger partial charge >= 0.3 is 5.97 Å². The Kier molecular flexibility index (Phi) is 8.65. The van der Waals surface area contributed by atoms with Gasteiger partial charge < -0.3 is 25.6 Å². The molecule has 0 spiro atoms. The van der Waals surface area contributed by atoms with Crippen molar-refractivity contribution in [3.8, 4) is 0 Å². The van der Waals surface area contributed by atoms with E-state index in [9.17, 15) is 29.4 Å². The average molecular weight is 416 g/mol. The molecule has 0 aromatic carbocycles. The lowest BCUT2D eigenvalue weighted by Crippen LogP contribution is -2.64. The third-order valence-corrected chi connectivity index (χ3v) is 5.61. The maximum atomic E-state index is 13.0. The number of carbonyl (C=O) groups excluding carboxylic acids is 4. The molecule has 5 atom stereocenters. The van der Waals surface area contributed by atoms with Crippen LogP contribution in [0.25, 0.3) is 0 Å². The molecule has 0 aliphatic carbocycles. The van der Waals surface area contributed by atoms with Crippen LogP contribution in [0.3, 0.4) is 0 Å². The Morgan fingerprint density at radius 1 is 1.43 bits per heavy atom. The molecule has 1 aliphatic heterocycles. The van der Waals surface area contributed by atoms with Crippen molar-refractivity contribution in [2.24, 2.45) is 11.8 Å². The summed E-state index contributed by atoms with van der Waals surface area (Å²) >= 11 is 0.623. The lowest BCUT2D eigenvalue weighted by atomic mass is 9.81. The minimum atomic E-state index is -1.90. The van der Waals surface area contributed by atoms with Crippen molar-refractivity contribution in [1.29, 1.82) is 0 Å². The third-order valence-electron chi connectivity index (χ3n) is 4.51. The highest BCUT2D eigenvalue weighted by molar-refractivity contribution is 8.13. The van der Waals surface area contributed by atoms with Crippen LogP contribution in [0.5, 0.6) is 0 Å². The summed E-state index contributed by atoms with van der Waals surface area (Å²) in [5.41, 5.74) is -1.90. The molecule has 4 N–H and O–H groups in total. The van der Waals surface area contributed by atoms with Gasteiger partial charge in [-0.05, 0) is 5.92 Å². The summed E-state index contributed by atoms with van der Waals surface area (Å²) in [6.07, 6.45) is -1.42. The lowest BCUT2D eigenvalue weighted by Gasteiger charge is -2.37. The molecule has 9 nitrogen and oxygen atoms in total. The molecule has 1 saturated heterocycles. The number of rotatable bonds is 9. The Morgan fingerprint density at radius 3 is 2.46 bits per heavy atom. The predicted octanol–water partition coefficient (Wildman–Crippen LogP) is -0.637. The summed E-state index contributed by atoms with van der Waals surface area (Å²) in [6, 6.07) is -1.12. The first-order valence-corrected chi connectivity index (χ1v) is 9.87. The summed E-state index contributed by atoms with van der Waals surface area (Å²) in [5, 5.41) is 25.3. The van der Waals surface area contributed by atoms with Gasteiger partial charge in [0.25, 0.3) is 0 Å². The summed E-state index contributed by atoms with van der Waals surface area (Å²) in [5.74, 6) is -3.32. The maximum absolute atomic E-state index is 13.0. The SMILES string of the molecule is C=CCOC(=O)C(CSC(=O)C1([C@H](O)C(C)C)NC(=O)[C@H](C)[C@@H]1O)NC(C)=O. The van der Waals surface area contributed by atoms with Crippen molar-refractivity contribution in [3.05, 3.63) is 12.7 Å². The second kappa shape index (κ2) is 10.0. The number of esters is 1. The van der Waals surface area contributed by atoms with Crippen LogP contribution in [0.15, 0.2) is 12.7 Å². The van der Waals surface area contributed by atoms with Crippen LogP contribution < -0.4 is 10.6 Å². The number of aliphatic hydroxyl groups is 2. The minimum Gasteiger partial charge on any atom is -0.460 e. The van der Waals surface area contributed by atoms with Gasteiger partial charge in [0.05, 0.1) is 18.1 Å². The molecule has 0 aromatic rings. The first-order chi connectivity index (χ1) is 13.0. The highest BCUT2D eigenvalue weighted by Gasteiger charge is 2.60. The second-order valence-corrected chi connectivity index (χ2v) is 8.04. The van der Waals surface area contributed by atoms with Crippen molar-refractivity contribution >= 4 is 34.7 Å². The number of carbonyl (C=O) groups is 4. The van der Waals surface area contributed by atoms with Crippen molar-refractivity contribution in [3.63, 3.8) is 0 Å². The van der Waals surface area contributed by atoms with E-state index in [1.165, 1.54) is 19.9 Å². The fourth-order valence-corrected chi connectivity index (χ4v) is 4.00. The zero-order valence-corrected chi connectivity index (χ0v) is 17.2. The van der Waals surface area contributed by atoms with Gasteiger partial charge in [0.1, 0.15) is 12.6 Å². The van der Waals surface area contributed by atoms with Gasteiger partial charge in [-0.2, -0.15) is 0 Å². The number of nitrogens with one attached hydrogen (secondary N) is 2. The van der Waals surface area contributed by atoms with Crippen LogP contribution in [0.1, 0.15) is 27.7 Å². The molecule has 0 saturated carbocycles. The predicted molar refractivity (Wildman–Crippen MR) is 103 cm³/mol. The highest BCUT2D eigenvalue weighted by Crippen LogP contribution is 2.36. The van der Waals surface area contributed by atoms with E-state index in [2.05, 4.69) is 17.2 Å². The first-order valence-electron chi connectivity index (χ1n) is 8.89. The Morgan fingerprint density at radius 2 is 2.04 bits per heavy atom. The molecule has 10 heteroatoms. The first kappa shape index (κ1) is 24.1. The topological polar surface area (TPSA) is 142 Å². The van der Waals surface area contributed by atoms with E-state index in [0.29, 0.717) is 11.8 Å². The fourth-order valence-electron chi connectivity index (χ4n) is 2.93. The van der Waals surface area contributed by atoms with Crippen LogP contribution in [0.2, 0.25) is 0 Å². The van der Waals surface area contributed by atoms with Crippen molar-refractivity contribution in [2.45, 2.75) is 51.5 Å². The third kappa shape index (κ3) is 5.12. The fraction of sp³-hybridized carbons (Fsp3) is 0.667. The molecule has 1 aliphatic rings. The number of hydrogen-bond donors (Lipinski definition) is 4. The minimum absolute atomic E-state index is 0.0597. The number of aliphatic hydroxyl groups excluding tert-OH is 2. The second-order valence-electron chi connectivity index (χ2n) is 7.05. The van der Waals surface area contributed by atoms with Crippen molar-refractivity contribution < 1.29 is 34.1 Å². The van der Waals surface area contributed by atoms with E-state index in [-0.39, 0.29) is 12.4 Å². The van der Waals surface area contributed by atoms with Crippen LogP contribution in [0, 0.1) is 11.8 Å². The standard InChI is InChI=1S/C18H28N2O7S/c1-6-7-27-16(25)12(19-11(5)21)8-28-17(26)18(13(22)9(2)3)14(23)10(4)15(24)20-18/h6,9-10,12-14,22-23H,1,7-8H2,2-5H3,(H,19,21)(H,20,24)/t10-,12?,13-,14+,18?/m1/s1. The zero-order chi connectivity index (χ0) is 21.6. The van der Waals surface area contributed by atoms with Gasteiger partial charge in [-0.3, -0.25) is 14.4 Å². The smallest absolute Gasteiger partial charge is 0.329 e. The van der Waals surface area contributed by atoms with E-state index in [4.69, 9.17) is 4.74 Å². The molecule has 0 radical (unpaired) electrons. The summed E-state index contributed by atoms with van der Waals surface area (Å²) in [6.45, 7) is 9.34. The Bertz CT molecular complexity index is 639. The number of thioether (sulfide) groups is 1. The molecule has 1 rings (SSSR count). The van der Waals surface area contributed by atoms with Gasteiger partial charge in [0.15, 0.2) is 5.54 Å². The van der Waals surface area contributed by atoms with E-state index >= 15 is 0 Å². The lowest BCUT2D eigenvalue weighted by molar-refractivity contribution is -0.145. The van der Waals surface area contributed by atoms with Gasteiger partial charge in [-0.1, -0.05) is 45.2 Å². The Labute approximate surface area is 168 Å². The van der Waals surface area contributed by atoms with Crippen LogP contribution >= 0.6 is 11.8 Å². The van der Waals surface area contributed by atoms with Gasteiger partial charge in [0.2, 0.25) is 16.9 Å². The van der Waals surface area contributed by atoms with E-state index in [1.54, 1.807) is 13.8 Å². The van der Waals surface area contributed by atoms with Crippen LogP contribution in [-0.4, -0.2) is 69.3 Å². The van der Waals surface area contributed by atoms with Crippen LogP contribution in [0.4, 0.5) is 0 Å². The molecule has 1 fully saturated rings. The van der Waals surface area contributed by atoms with E-state index in [0.717, 1.165) is 0 Å². The normalized spacial score (nSPS) is 26.3. The van der Waals surface area contributed by atoms with Gasteiger partial charge in [-0.15, -0.1) is 0 Å². The van der Waals surface area contributed by atoms with Crippen molar-refractivity contribution in [2.75, 3.05) is 12.4 Å². The summed E-state index contributed by atoms with van der Waals surface area (Å²) in [4.78, 5) is 48.5. The molecule has 28 heavy (non-hydrogen) atoms. The largest absolute Gasteiger partial charge is 0.460 e. The van der Waals surface area contributed by atoms with Crippen LogP contribution in [-0.2, 0) is 23.9 Å². The quantitative estimate of drug-likeness (QED) is 0.287. The maximum Gasteiger partial charge on any atom is 0.329 e. The molecule has 1 heterocycles. The molecule has 0 aromatic heterocycles. The zero-order valence-electron chi connectivity index (χ0n) is 16.4. The van der Waals surface area contributed by atoms with Gasteiger partial charge in [0, 0.05) is 12.7 Å². The molecular formula is C18H28N2O7S. The van der Waals surface area contributed by atoms with Gasteiger partial charge in [-0.25, -0.2) is 4.79 Å². The van der Waals surface area contributed by atoms with E-state index < -0.39 is 58.5 Å². The molecule has 2 amide bonds. The molecule has 2 unspecified atom stereocenters.